The zero-order valence-corrected chi connectivity index (χ0v) is 16.9. The van der Waals surface area contributed by atoms with Crippen LogP contribution >= 0.6 is 0 Å². The van der Waals surface area contributed by atoms with Crippen molar-refractivity contribution in [2.24, 2.45) is 11.8 Å². The summed E-state index contributed by atoms with van der Waals surface area (Å²) in [5, 5.41) is 0. The zero-order valence-electron chi connectivity index (χ0n) is 16.9. The Labute approximate surface area is 169 Å². The number of esters is 1. The van der Waals surface area contributed by atoms with Crippen molar-refractivity contribution in [2.75, 3.05) is 34.7 Å². The number of fused-ring (bicyclic) bond motifs is 1. The molecule has 0 aromatic heterocycles. The van der Waals surface area contributed by atoms with E-state index in [-0.39, 0.29) is 30.5 Å². The van der Waals surface area contributed by atoms with Crippen molar-refractivity contribution >= 4 is 5.97 Å². The number of carbonyl (C=O) groups excluding carboxylic acids is 1. The largest absolute Gasteiger partial charge is 0.493 e. The van der Waals surface area contributed by atoms with Gasteiger partial charge in [-0.2, -0.15) is 0 Å². The Kier molecular flexibility index (Phi) is 5.13. The first-order valence-corrected chi connectivity index (χ1v) is 9.43. The fraction of sp³-hybridized carbons (Fsp3) is 0.409. The van der Waals surface area contributed by atoms with Crippen LogP contribution in [0.2, 0.25) is 0 Å². The van der Waals surface area contributed by atoms with Crippen LogP contribution in [0.1, 0.15) is 24.0 Å². The molecule has 2 aliphatic rings. The maximum absolute atomic E-state index is 12.1. The van der Waals surface area contributed by atoms with E-state index < -0.39 is 0 Å². The molecule has 154 valence electrons. The Morgan fingerprint density at radius 2 is 1.59 bits per heavy atom. The smallest absolute Gasteiger partial charge is 0.309 e. The van der Waals surface area contributed by atoms with Gasteiger partial charge in [-0.15, -0.1) is 0 Å². The first-order valence-electron chi connectivity index (χ1n) is 9.43. The fourth-order valence-electron chi connectivity index (χ4n) is 4.09. The molecule has 1 saturated heterocycles. The molecule has 2 heterocycles. The molecule has 3 atom stereocenters. The fourth-order valence-corrected chi connectivity index (χ4v) is 4.09. The molecular formula is C22H24O7. The Morgan fingerprint density at radius 3 is 2.17 bits per heavy atom. The topological polar surface area (TPSA) is 72.5 Å². The Bertz CT molecular complexity index is 898. The van der Waals surface area contributed by atoms with E-state index >= 15 is 0 Å². The summed E-state index contributed by atoms with van der Waals surface area (Å²) >= 11 is 0. The van der Waals surface area contributed by atoms with Crippen LogP contribution in [0.4, 0.5) is 0 Å². The van der Waals surface area contributed by atoms with Gasteiger partial charge in [0, 0.05) is 11.8 Å². The van der Waals surface area contributed by atoms with E-state index in [4.69, 9.17) is 28.4 Å². The first kappa shape index (κ1) is 19.2. The molecule has 2 aliphatic heterocycles. The lowest BCUT2D eigenvalue weighted by Crippen LogP contribution is -2.21. The summed E-state index contributed by atoms with van der Waals surface area (Å²) < 4.78 is 32.9. The first-order chi connectivity index (χ1) is 14.1. The van der Waals surface area contributed by atoms with E-state index in [0.717, 1.165) is 11.1 Å². The second-order valence-electron chi connectivity index (χ2n) is 7.13. The van der Waals surface area contributed by atoms with Crippen molar-refractivity contribution in [3.05, 3.63) is 41.5 Å². The highest BCUT2D eigenvalue weighted by Crippen LogP contribution is 2.47. The monoisotopic (exact) mass is 400 g/mol. The second kappa shape index (κ2) is 7.73. The van der Waals surface area contributed by atoms with E-state index in [0.29, 0.717) is 35.4 Å². The summed E-state index contributed by atoms with van der Waals surface area (Å²) in [5.74, 6) is 2.43. The molecule has 0 aliphatic carbocycles. The van der Waals surface area contributed by atoms with Gasteiger partial charge in [0.2, 0.25) is 12.5 Å². The number of carbonyl (C=O) groups is 1. The average molecular weight is 400 g/mol. The summed E-state index contributed by atoms with van der Waals surface area (Å²) in [7, 11) is 4.74. The highest BCUT2D eigenvalue weighted by atomic mass is 16.7. The molecule has 4 rings (SSSR count). The van der Waals surface area contributed by atoms with Gasteiger partial charge in [-0.3, -0.25) is 4.79 Å². The highest BCUT2D eigenvalue weighted by molar-refractivity contribution is 5.75. The van der Waals surface area contributed by atoms with Crippen molar-refractivity contribution < 1.29 is 33.2 Å². The molecule has 2 aromatic carbocycles. The predicted octanol–water partition coefficient (Wildman–Crippen LogP) is 3.38. The molecule has 7 nitrogen and oxygen atoms in total. The van der Waals surface area contributed by atoms with E-state index in [1.54, 1.807) is 21.3 Å². The number of cyclic esters (lactones) is 1. The van der Waals surface area contributed by atoms with E-state index in [1.807, 2.05) is 37.3 Å². The minimum Gasteiger partial charge on any atom is -0.493 e. The van der Waals surface area contributed by atoms with Gasteiger partial charge in [-0.05, 0) is 35.4 Å². The maximum Gasteiger partial charge on any atom is 0.309 e. The van der Waals surface area contributed by atoms with Crippen LogP contribution in [0.15, 0.2) is 30.3 Å². The molecule has 0 saturated carbocycles. The van der Waals surface area contributed by atoms with Crippen LogP contribution in [0.25, 0.3) is 0 Å². The Balaban J connectivity index is 1.86. The summed E-state index contributed by atoms with van der Waals surface area (Å²) in [6, 6.07) is 9.70. The third-order valence-corrected chi connectivity index (χ3v) is 5.66. The maximum atomic E-state index is 12.1. The van der Waals surface area contributed by atoms with Gasteiger partial charge in [0.25, 0.3) is 0 Å². The molecule has 0 amide bonds. The molecule has 0 bridgehead atoms. The van der Waals surface area contributed by atoms with Crippen molar-refractivity contribution in [3.8, 4) is 28.7 Å². The lowest BCUT2D eigenvalue weighted by atomic mass is 9.76. The third kappa shape index (κ3) is 3.30. The predicted molar refractivity (Wildman–Crippen MR) is 104 cm³/mol. The van der Waals surface area contributed by atoms with Crippen LogP contribution in [0.5, 0.6) is 28.7 Å². The number of rotatable bonds is 6. The normalized spacial score (nSPS) is 20.9. The Hall–Kier alpha value is -3.09. The summed E-state index contributed by atoms with van der Waals surface area (Å²) in [6.07, 6.45) is 0. The van der Waals surface area contributed by atoms with E-state index in [9.17, 15) is 4.79 Å². The summed E-state index contributed by atoms with van der Waals surface area (Å²) in [4.78, 5) is 12.1. The number of benzene rings is 2. The number of hydrogen-bond acceptors (Lipinski definition) is 7. The number of methoxy groups -OCH3 is 3. The van der Waals surface area contributed by atoms with Gasteiger partial charge < -0.3 is 28.4 Å². The van der Waals surface area contributed by atoms with Crippen LogP contribution in [-0.4, -0.2) is 40.7 Å². The van der Waals surface area contributed by atoms with E-state index in [2.05, 4.69) is 0 Å². The number of hydrogen-bond donors (Lipinski definition) is 0. The van der Waals surface area contributed by atoms with Crippen LogP contribution < -0.4 is 23.7 Å². The SMILES string of the molecule is COc1cc([C@@H](c2ccc3c(c2)OCO3)[C@@H]2COC(=O)[C@H]2C)cc(OC)c1OC. The summed E-state index contributed by atoms with van der Waals surface area (Å²) in [6.45, 7) is 2.45. The van der Waals surface area contributed by atoms with Gasteiger partial charge in [-0.25, -0.2) is 0 Å². The highest BCUT2D eigenvalue weighted by Gasteiger charge is 2.41. The minimum absolute atomic E-state index is 0.0503. The third-order valence-electron chi connectivity index (χ3n) is 5.66. The van der Waals surface area contributed by atoms with Crippen LogP contribution in [-0.2, 0) is 9.53 Å². The molecule has 29 heavy (non-hydrogen) atoms. The van der Waals surface area contributed by atoms with Crippen LogP contribution in [0.3, 0.4) is 0 Å². The quantitative estimate of drug-likeness (QED) is 0.688. The van der Waals surface area contributed by atoms with Crippen molar-refractivity contribution in [1.82, 2.24) is 0 Å². The van der Waals surface area contributed by atoms with Gasteiger partial charge in [0.05, 0.1) is 33.9 Å². The molecule has 0 unspecified atom stereocenters. The molecule has 7 heteroatoms. The molecule has 0 spiro atoms. The minimum atomic E-state index is -0.246. The second-order valence-corrected chi connectivity index (χ2v) is 7.13. The van der Waals surface area contributed by atoms with Crippen molar-refractivity contribution in [1.29, 1.82) is 0 Å². The molecule has 2 aromatic rings. The molecule has 1 fully saturated rings. The molecular weight excluding hydrogens is 376 g/mol. The lowest BCUT2D eigenvalue weighted by Gasteiger charge is -2.27. The van der Waals surface area contributed by atoms with E-state index in [1.165, 1.54) is 0 Å². The van der Waals surface area contributed by atoms with Gasteiger partial charge >= 0.3 is 5.97 Å². The van der Waals surface area contributed by atoms with Crippen molar-refractivity contribution in [2.45, 2.75) is 12.8 Å². The number of ether oxygens (including phenoxy) is 6. The van der Waals surface area contributed by atoms with Crippen LogP contribution in [0, 0.1) is 11.8 Å². The summed E-state index contributed by atoms with van der Waals surface area (Å²) in [5.41, 5.74) is 1.94. The standard InChI is InChI=1S/C22H24O7/c1-12-15(10-27-22(12)23)20(13-5-6-16-17(7-13)29-11-28-16)14-8-18(24-2)21(26-4)19(9-14)25-3/h5-9,12,15,20H,10-11H2,1-4H3/t12-,15+,20+/m0/s1. The lowest BCUT2D eigenvalue weighted by molar-refractivity contribution is -0.140. The zero-order chi connectivity index (χ0) is 20.5. The van der Waals surface area contributed by atoms with Gasteiger partial charge in [0.15, 0.2) is 23.0 Å². The average Bonchev–Trinajstić information content (AvgIpc) is 3.34. The van der Waals surface area contributed by atoms with Crippen molar-refractivity contribution in [3.63, 3.8) is 0 Å². The molecule has 0 N–H and O–H groups in total. The Morgan fingerprint density at radius 1 is 0.897 bits per heavy atom. The van der Waals surface area contributed by atoms with Gasteiger partial charge in [-0.1, -0.05) is 13.0 Å². The molecule has 0 radical (unpaired) electrons. The van der Waals surface area contributed by atoms with Gasteiger partial charge in [0.1, 0.15) is 0 Å².